The molecule has 0 radical (unpaired) electrons. The highest BCUT2D eigenvalue weighted by molar-refractivity contribution is 6.00. The molecule has 16 aromatic rings. The second kappa shape index (κ2) is 29.6. The molecule has 0 unspecified atom stereocenters. The molecule has 17 rings (SSSR count). The van der Waals surface area contributed by atoms with Crippen LogP contribution in [0.5, 0.6) is 0 Å². The molecule has 0 spiro atoms. The minimum atomic E-state index is -1.05. The average Bonchev–Trinajstić information content (AvgIpc) is 1.55. The van der Waals surface area contributed by atoms with E-state index in [1.54, 1.807) is 0 Å². The highest BCUT2D eigenvalue weighted by atomic mass is 15.2. The van der Waals surface area contributed by atoms with Crippen LogP contribution in [0.4, 0.5) is 0 Å². The second-order valence-corrected chi connectivity index (χ2v) is 28.6. The first-order chi connectivity index (χ1) is 52.7. The van der Waals surface area contributed by atoms with Crippen LogP contribution in [0.1, 0.15) is 60.9 Å². The van der Waals surface area contributed by atoms with Crippen molar-refractivity contribution >= 4 is 5.84 Å². The zero-order valence-corrected chi connectivity index (χ0v) is 60.7. The van der Waals surface area contributed by atoms with Gasteiger partial charge in [0.25, 0.3) is 0 Å². The Labute approximate surface area is 630 Å². The van der Waals surface area contributed by atoms with Gasteiger partial charge in [0.15, 0.2) is 0 Å². The average molecular weight is 1370 g/mol. The maximum atomic E-state index is 10.5. The Kier molecular flexibility index (Phi) is 18.6. The highest BCUT2D eigenvalue weighted by Crippen LogP contribution is 2.59. The molecule has 0 saturated carbocycles. The van der Waals surface area contributed by atoms with Crippen LogP contribution in [-0.2, 0) is 5.41 Å². The molecule has 0 aliphatic heterocycles. The van der Waals surface area contributed by atoms with Gasteiger partial charge in [-0.1, -0.05) is 299 Å². The molecule has 512 valence electrons. The van der Waals surface area contributed by atoms with Gasteiger partial charge in [0, 0.05) is 18.7 Å². The van der Waals surface area contributed by atoms with Crippen molar-refractivity contribution in [3.05, 3.63) is 422 Å². The van der Waals surface area contributed by atoms with E-state index in [9.17, 15) is 5.41 Å². The lowest BCUT2D eigenvalue weighted by Crippen LogP contribution is -2.37. The van der Waals surface area contributed by atoms with E-state index < -0.39 is 5.41 Å². The predicted octanol–water partition coefficient (Wildman–Crippen LogP) is 27.9. The molecule has 0 heterocycles. The van der Waals surface area contributed by atoms with Crippen LogP contribution in [0.3, 0.4) is 0 Å². The standard InChI is InChI=1S/C105H82N2/c1-4-32-99(5-2)107(3)104(106)80-51-52-101-100-49-30-31-50-102(100)105(103(101)71-80,97-67-93(89-57-81(72-33-14-6-15-34-72)53-82(58-89)73-35-16-7-17-36-73)65-94(68-97)90-59-83(74-37-18-8-19-38-74)54-84(60-90)75-39-20-9-21-40-75)98-69-95(91-61-85(76-41-22-10-23-42-76)55-86(62-91)77-43-24-11-25-44-77)66-96(70-98)92-63-87(78-45-26-12-27-46-78)56-88(64-92)79-47-28-13-29-48-79/h6-31,33-71,99,106H,4-5,32H2,1-3H3/t99-/m1/s1. The summed E-state index contributed by atoms with van der Waals surface area (Å²) in [6.45, 7) is 4.52. The Balaban J connectivity index is 1.04. The lowest BCUT2D eigenvalue weighted by Gasteiger charge is -2.36. The fourth-order valence-electron chi connectivity index (χ4n) is 16.5. The summed E-state index contributed by atoms with van der Waals surface area (Å²) in [5.41, 5.74) is 33.6. The molecule has 107 heavy (non-hydrogen) atoms. The van der Waals surface area contributed by atoms with Gasteiger partial charge in [0.2, 0.25) is 0 Å². The number of benzene rings is 16. The fourth-order valence-corrected chi connectivity index (χ4v) is 16.5. The van der Waals surface area contributed by atoms with Gasteiger partial charge in [-0.25, -0.2) is 0 Å². The molecule has 0 fully saturated rings. The summed E-state index contributed by atoms with van der Waals surface area (Å²) in [5, 5.41) is 10.5. The first-order valence-electron chi connectivity index (χ1n) is 37.7. The van der Waals surface area contributed by atoms with Crippen LogP contribution in [0.2, 0.25) is 0 Å². The predicted molar refractivity (Wildman–Crippen MR) is 453 cm³/mol. The quantitative estimate of drug-likeness (QED) is 0.0634. The Bertz CT molecular complexity index is 5050. The van der Waals surface area contributed by atoms with Gasteiger partial charge in [-0.05, 0) is 295 Å². The van der Waals surface area contributed by atoms with Crippen LogP contribution in [0.25, 0.3) is 145 Å². The summed E-state index contributed by atoms with van der Waals surface area (Å²) in [7, 11) is 2.13. The van der Waals surface area contributed by atoms with Crippen LogP contribution in [0.15, 0.2) is 394 Å². The van der Waals surface area contributed by atoms with Gasteiger partial charge < -0.3 is 4.90 Å². The Morgan fingerprint density at radius 1 is 0.252 bits per heavy atom. The third kappa shape index (κ3) is 13.4. The monoisotopic (exact) mass is 1370 g/mol. The minimum Gasteiger partial charge on any atom is -0.357 e. The fraction of sp³-hybridized carbons (Fsp3) is 0.0762. The smallest absolute Gasteiger partial charge is 0.128 e. The van der Waals surface area contributed by atoms with Crippen LogP contribution >= 0.6 is 0 Å². The number of fused-ring (bicyclic) bond motifs is 3. The van der Waals surface area contributed by atoms with E-state index in [0.717, 1.165) is 186 Å². The van der Waals surface area contributed by atoms with Gasteiger partial charge in [-0.15, -0.1) is 0 Å². The van der Waals surface area contributed by atoms with Crippen molar-refractivity contribution in [3.8, 4) is 145 Å². The third-order valence-electron chi connectivity index (χ3n) is 22.0. The van der Waals surface area contributed by atoms with Gasteiger partial charge in [0.05, 0.1) is 5.41 Å². The number of rotatable bonds is 19. The molecule has 0 aromatic heterocycles. The maximum Gasteiger partial charge on any atom is 0.128 e. The van der Waals surface area contributed by atoms with Crippen LogP contribution in [-0.4, -0.2) is 23.8 Å². The van der Waals surface area contributed by atoms with E-state index in [4.69, 9.17) is 0 Å². The van der Waals surface area contributed by atoms with Gasteiger partial charge in [-0.2, -0.15) is 0 Å². The van der Waals surface area contributed by atoms with Crippen LogP contribution < -0.4 is 0 Å². The molecule has 1 aliphatic carbocycles. The number of amidine groups is 1. The Morgan fingerprint density at radius 3 is 0.729 bits per heavy atom. The number of hydrogen-bond donors (Lipinski definition) is 1. The minimum absolute atomic E-state index is 0.195. The number of nitrogens with one attached hydrogen (secondary N) is 1. The SMILES string of the molecule is CCC[C@@H](CC)N(C)C(=N)c1ccc2c(c1)C(c1cc(-c3cc(-c4ccccc4)cc(-c4ccccc4)c3)cc(-c3cc(-c4ccccc4)cc(-c4ccccc4)c3)c1)(c1cc(-c3cc(-c4ccccc4)cc(-c4ccccc4)c3)cc(-c3cc(-c4ccccc4)cc(-c4ccccc4)c3)c1)c1ccccc1-2. The van der Waals surface area contributed by atoms with Crippen molar-refractivity contribution in [2.45, 2.75) is 44.6 Å². The molecule has 2 nitrogen and oxygen atoms in total. The van der Waals surface area contributed by atoms with Gasteiger partial charge >= 0.3 is 0 Å². The lowest BCUT2D eigenvalue weighted by molar-refractivity contribution is 0.332. The third-order valence-corrected chi connectivity index (χ3v) is 22.0. The Hall–Kier alpha value is -13.0. The Morgan fingerprint density at radius 2 is 0.477 bits per heavy atom. The summed E-state index contributed by atoms with van der Waals surface area (Å²) >= 11 is 0. The maximum absolute atomic E-state index is 10.5. The molecule has 0 amide bonds. The van der Waals surface area contributed by atoms with E-state index >= 15 is 0 Å². The highest BCUT2D eigenvalue weighted by Gasteiger charge is 2.47. The molecular weight excluding hydrogens is 1290 g/mol. The molecule has 0 bridgehead atoms. The van der Waals surface area contributed by atoms with Crippen molar-refractivity contribution in [2.24, 2.45) is 0 Å². The van der Waals surface area contributed by atoms with Crippen LogP contribution in [0, 0.1) is 5.41 Å². The second-order valence-electron chi connectivity index (χ2n) is 28.6. The van der Waals surface area contributed by atoms with Gasteiger partial charge in [0.1, 0.15) is 5.84 Å². The summed E-state index contributed by atoms with van der Waals surface area (Å²) in [6, 6.07) is 147. The van der Waals surface area contributed by atoms with E-state index in [1.165, 1.54) is 5.56 Å². The number of hydrogen-bond acceptors (Lipinski definition) is 1. The van der Waals surface area contributed by atoms with Crippen molar-refractivity contribution in [3.63, 3.8) is 0 Å². The molecule has 1 atom stereocenters. The topological polar surface area (TPSA) is 27.1 Å². The first kappa shape index (κ1) is 67.2. The lowest BCUT2D eigenvalue weighted by atomic mass is 9.65. The molecule has 0 saturated heterocycles. The van der Waals surface area contributed by atoms with Crippen molar-refractivity contribution in [1.82, 2.24) is 4.90 Å². The number of nitrogens with zero attached hydrogens (tertiary/aromatic N) is 1. The zero-order chi connectivity index (χ0) is 72.2. The molecule has 1 aliphatic rings. The molecule has 1 N–H and O–H groups in total. The van der Waals surface area contributed by atoms with Crippen molar-refractivity contribution in [2.75, 3.05) is 7.05 Å². The largest absolute Gasteiger partial charge is 0.357 e. The zero-order valence-electron chi connectivity index (χ0n) is 60.7. The normalized spacial score (nSPS) is 12.3. The van der Waals surface area contributed by atoms with Crippen molar-refractivity contribution in [1.29, 1.82) is 5.41 Å². The summed E-state index contributed by atoms with van der Waals surface area (Å²) in [6.07, 6.45) is 2.95. The molecular formula is C105H82N2. The van der Waals surface area contributed by atoms with E-state index in [2.05, 4.69) is 420 Å². The van der Waals surface area contributed by atoms with E-state index in [1.807, 2.05) is 0 Å². The summed E-state index contributed by atoms with van der Waals surface area (Å²) < 4.78 is 0. The van der Waals surface area contributed by atoms with Gasteiger partial charge in [-0.3, -0.25) is 5.41 Å². The summed E-state index contributed by atoms with van der Waals surface area (Å²) in [4.78, 5) is 2.23. The first-order valence-corrected chi connectivity index (χ1v) is 37.7. The van der Waals surface area contributed by atoms with E-state index in [-0.39, 0.29) is 6.04 Å². The summed E-state index contributed by atoms with van der Waals surface area (Å²) in [5.74, 6) is 0.511. The van der Waals surface area contributed by atoms with Crippen molar-refractivity contribution < 1.29 is 0 Å². The molecule has 2 heteroatoms. The molecule has 16 aromatic carbocycles. The van der Waals surface area contributed by atoms with E-state index in [0.29, 0.717) is 5.84 Å².